The van der Waals surface area contributed by atoms with E-state index < -0.39 is 0 Å². The van der Waals surface area contributed by atoms with Crippen LogP contribution in [0.5, 0.6) is 11.6 Å². The third-order valence-corrected chi connectivity index (χ3v) is 5.56. The molecule has 2 aromatic carbocycles. The summed E-state index contributed by atoms with van der Waals surface area (Å²) >= 11 is 12.2. The van der Waals surface area contributed by atoms with Gasteiger partial charge in [-0.1, -0.05) is 42.3 Å². The number of halogens is 2. The van der Waals surface area contributed by atoms with Crippen molar-refractivity contribution >= 4 is 35.0 Å². The molecule has 0 saturated heterocycles. The number of hydrogen-bond acceptors (Lipinski definition) is 4. The van der Waals surface area contributed by atoms with E-state index in [1.807, 2.05) is 20.8 Å². The van der Waals surface area contributed by atoms with Gasteiger partial charge in [0.25, 0.3) is 11.8 Å². The number of carbonyl (C=O) groups is 2. The lowest BCUT2D eigenvalue weighted by Gasteiger charge is -2.14. The number of benzene rings is 2. The van der Waals surface area contributed by atoms with Crippen molar-refractivity contribution in [3.63, 3.8) is 0 Å². The van der Waals surface area contributed by atoms with Crippen LogP contribution in [0.4, 0.5) is 0 Å². The molecular weight excluding hydrogens is 437 g/mol. The zero-order valence-corrected chi connectivity index (χ0v) is 18.9. The molecule has 31 heavy (non-hydrogen) atoms. The fraction of sp³-hybridized carbons (Fsp3) is 0.261. The highest BCUT2D eigenvalue weighted by molar-refractivity contribution is 6.34. The summed E-state index contributed by atoms with van der Waals surface area (Å²) in [6.07, 6.45) is 0.606. The second-order valence-corrected chi connectivity index (χ2v) is 8.44. The van der Waals surface area contributed by atoms with Crippen molar-refractivity contribution in [3.05, 3.63) is 74.9 Å². The lowest BCUT2D eigenvalue weighted by molar-refractivity contribution is 0.0639. The van der Waals surface area contributed by atoms with Gasteiger partial charge in [-0.3, -0.25) is 14.5 Å². The van der Waals surface area contributed by atoms with Gasteiger partial charge in [-0.05, 0) is 50.6 Å². The molecule has 0 unspecified atom stereocenters. The Kier molecular flexibility index (Phi) is 5.77. The molecule has 0 saturated carbocycles. The summed E-state index contributed by atoms with van der Waals surface area (Å²) in [6.45, 7) is 6.01. The van der Waals surface area contributed by atoms with E-state index in [0.29, 0.717) is 44.9 Å². The number of carbonyl (C=O) groups excluding carboxylic acids is 2. The summed E-state index contributed by atoms with van der Waals surface area (Å²) in [5.41, 5.74) is 2.27. The minimum Gasteiger partial charge on any atom is -0.439 e. The maximum atomic E-state index is 12.8. The average molecular weight is 458 g/mol. The Bertz CT molecular complexity index is 1130. The first-order valence-corrected chi connectivity index (χ1v) is 10.7. The van der Waals surface area contributed by atoms with Crippen LogP contribution in [0.25, 0.3) is 0 Å². The summed E-state index contributed by atoms with van der Waals surface area (Å²) in [7, 11) is 0. The van der Waals surface area contributed by atoms with Gasteiger partial charge in [0.05, 0.1) is 29.4 Å². The van der Waals surface area contributed by atoms with Crippen molar-refractivity contribution in [2.45, 2.75) is 39.8 Å². The van der Waals surface area contributed by atoms with Gasteiger partial charge >= 0.3 is 0 Å². The number of nitrogens with zero attached hydrogens (tertiary/aromatic N) is 3. The van der Waals surface area contributed by atoms with Crippen LogP contribution in [-0.2, 0) is 13.0 Å². The maximum Gasteiger partial charge on any atom is 0.261 e. The number of fused-ring (bicyclic) bond motifs is 1. The van der Waals surface area contributed by atoms with Crippen LogP contribution in [0.3, 0.4) is 0 Å². The molecule has 0 spiro atoms. The molecule has 0 fully saturated rings. The smallest absolute Gasteiger partial charge is 0.261 e. The topological polar surface area (TPSA) is 64.4 Å². The first-order chi connectivity index (χ1) is 14.8. The van der Waals surface area contributed by atoms with Crippen molar-refractivity contribution in [3.8, 4) is 11.6 Å². The third kappa shape index (κ3) is 3.93. The fourth-order valence-electron chi connectivity index (χ4n) is 3.67. The van der Waals surface area contributed by atoms with Gasteiger partial charge < -0.3 is 4.74 Å². The number of imide groups is 1. The third-order valence-electron chi connectivity index (χ3n) is 5.12. The molecule has 0 radical (unpaired) electrons. The van der Waals surface area contributed by atoms with E-state index in [9.17, 15) is 9.59 Å². The van der Waals surface area contributed by atoms with Crippen molar-refractivity contribution in [2.24, 2.45) is 0 Å². The predicted molar refractivity (Wildman–Crippen MR) is 119 cm³/mol. The van der Waals surface area contributed by atoms with Crippen LogP contribution in [0.1, 0.15) is 58.8 Å². The van der Waals surface area contributed by atoms with Gasteiger partial charge in [0.15, 0.2) is 0 Å². The average Bonchev–Trinajstić information content (AvgIpc) is 3.18. The number of ether oxygens (including phenoxy) is 1. The fourth-order valence-corrected chi connectivity index (χ4v) is 4.18. The molecule has 1 aliphatic heterocycles. The zero-order valence-electron chi connectivity index (χ0n) is 17.4. The first kappa shape index (κ1) is 21.4. The molecule has 4 rings (SSSR count). The van der Waals surface area contributed by atoms with E-state index in [4.69, 9.17) is 33.0 Å². The van der Waals surface area contributed by atoms with Crippen LogP contribution in [-0.4, -0.2) is 26.5 Å². The van der Waals surface area contributed by atoms with Gasteiger partial charge in [0.2, 0.25) is 5.88 Å². The largest absolute Gasteiger partial charge is 0.439 e. The lowest BCUT2D eigenvalue weighted by Crippen LogP contribution is -2.29. The summed E-state index contributed by atoms with van der Waals surface area (Å²) in [6, 6.07) is 11.8. The van der Waals surface area contributed by atoms with Crippen molar-refractivity contribution in [1.82, 2.24) is 14.7 Å². The minimum absolute atomic E-state index is 0.00844. The summed E-state index contributed by atoms with van der Waals surface area (Å²) in [5, 5.41) is 5.62. The Morgan fingerprint density at radius 1 is 1.00 bits per heavy atom. The molecule has 0 bridgehead atoms. The SMILES string of the molecule is CCc1c(CN2C(=O)c3ccccc3C2=O)nn(C(C)C)c1Oc1cc(Cl)cc(Cl)c1. The summed E-state index contributed by atoms with van der Waals surface area (Å²) in [4.78, 5) is 26.9. The summed E-state index contributed by atoms with van der Waals surface area (Å²) in [5.74, 6) is 0.403. The molecular formula is C23H21Cl2N3O3. The predicted octanol–water partition coefficient (Wildman–Crippen LogP) is 5.92. The summed E-state index contributed by atoms with van der Waals surface area (Å²) < 4.78 is 7.91. The standard InChI is InChI=1S/C23H21Cl2N3O3/c1-4-17-20(12-27-21(29)18-7-5-6-8-19(18)22(27)30)26-28(13(2)3)23(17)31-16-10-14(24)9-15(25)11-16/h5-11,13H,4,12H2,1-3H3. The second kappa shape index (κ2) is 8.36. The van der Waals surface area contributed by atoms with Crippen LogP contribution >= 0.6 is 23.2 Å². The van der Waals surface area contributed by atoms with Crippen LogP contribution in [0, 0.1) is 0 Å². The molecule has 0 aliphatic carbocycles. The monoisotopic (exact) mass is 457 g/mol. The molecule has 1 aliphatic rings. The van der Waals surface area contributed by atoms with Crippen LogP contribution in [0.2, 0.25) is 10.0 Å². The maximum absolute atomic E-state index is 12.8. The Hall–Kier alpha value is -2.83. The van der Waals surface area contributed by atoms with E-state index in [1.165, 1.54) is 4.90 Å². The molecule has 1 aromatic heterocycles. The van der Waals surface area contributed by atoms with E-state index in [0.717, 1.165) is 5.56 Å². The van der Waals surface area contributed by atoms with Gasteiger partial charge in [-0.2, -0.15) is 5.10 Å². The first-order valence-electron chi connectivity index (χ1n) is 9.99. The lowest BCUT2D eigenvalue weighted by atomic mass is 10.1. The quantitative estimate of drug-likeness (QED) is 0.430. The van der Waals surface area contributed by atoms with Gasteiger partial charge in [-0.15, -0.1) is 0 Å². The van der Waals surface area contributed by atoms with E-state index in [2.05, 4.69) is 0 Å². The Balaban J connectivity index is 1.72. The van der Waals surface area contributed by atoms with Crippen molar-refractivity contribution < 1.29 is 14.3 Å². The van der Waals surface area contributed by atoms with Crippen molar-refractivity contribution in [1.29, 1.82) is 0 Å². The molecule has 8 heteroatoms. The molecule has 0 atom stereocenters. The molecule has 3 aromatic rings. The molecule has 6 nitrogen and oxygen atoms in total. The second-order valence-electron chi connectivity index (χ2n) is 7.57. The molecule has 2 heterocycles. The van der Waals surface area contributed by atoms with Crippen molar-refractivity contribution in [2.75, 3.05) is 0 Å². The Morgan fingerprint density at radius 3 is 2.10 bits per heavy atom. The van der Waals surface area contributed by atoms with Gasteiger partial charge in [0.1, 0.15) is 5.75 Å². The number of rotatable bonds is 6. The number of aromatic nitrogens is 2. The minimum atomic E-state index is -0.314. The highest BCUT2D eigenvalue weighted by Crippen LogP contribution is 2.35. The highest BCUT2D eigenvalue weighted by Gasteiger charge is 2.36. The van der Waals surface area contributed by atoms with E-state index >= 15 is 0 Å². The van der Waals surface area contributed by atoms with E-state index in [-0.39, 0.29) is 24.4 Å². The Morgan fingerprint density at radius 2 is 1.58 bits per heavy atom. The molecule has 0 N–H and O–H groups in total. The zero-order chi connectivity index (χ0) is 22.3. The Labute approximate surface area is 190 Å². The van der Waals surface area contributed by atoms with Gasteiger partial charge in [-0.25, -0.2) is 4.68 Å². The number of hydrogen-bond donors (Lipinski definition) is 0. The highest BCUT2D eigenvalue weighted by atomic mass is 35.5. The van der Waals surface area contributed by atoms with E-state index in [1.54, 1.807) is 47.1 Å². The van der Waals surface area contributed by atoms with Gasteiger partial charge in [0, 0.05) is 15.6 Å². The normalized spacial score (nSPS) is 13.3. The van der Waals surface area contributed by atoms with Crippen LogP contribution < -0.4 is 4.74 Å². The molecule has 160 valence electrons. The number of amides is 2. The van der Waals surface area contributed by atoms with Crippen LogP contribution in [0.15, 0.2) is 42.5 Å². The molecule has 2 amide bonds.